The van der Waals surface area contributed by atoms with Crippen molar-refractivity contribution < 1.29 is 0 Å². The van der Waals surface area contributed by atoms with E-state index >= 15 is 0 Å². The van der Waals surface area contributed by atoms with Crippen LogP contribution in [0.25, 0.3) is 0 Å². The van der Waals surface area contributed by atoms with Crippen molar-refractivity contribution in [2.24, 2.45) is 0 Å². The molecular weight excluding hydrogens is 293 g/mol. The predicted molar refractivity (Wildman–Crippen MR) is 83.0 cm³/mol. The lowest BCUT2D eigenvalue weighted by atomic mass is 10.1. The molecule has 20 heavy (non-hydrogen) atoms. The van der Waals surface area contributed by atoms with Crippen LogP contribution in [0.5, 0.6) is 0 Å². The fourth-order valence-electron chi connectivity index (χ4n) is 2.56. The number of nitriles is 1. The van der Waals surface area contributed by atoms with Gasteiger partial charge in [0.05, 0.1) is 22.2 Å². The van der Waals surface area contributed by atoms with Crippen LogP contribution in [0.15, 0.2) is 18.2 Å². The van der Waals surface area contributed by atoms with Crippen molar-refractivity contribution in [3.63, 3.8) is 0 Å². The molecule has 1 heterocycles. The Morgan fingerprint density at radius 2 is 1.90 bits per heavy atom. The van der Waals surface area contributed by atoms with Gasteiger partial charge in [-0.3, -0.25) is 9.80 Å². The second kappa shape index (κ2) is 7.28. The molecule has 1 aliphatic rings. The topological polar surface area (TPSA) is 30.3 Å². The molecule has 1 unspecified atom stereocenters. The Hall–Kier alpha value is -0.790. The summed E-state index contributed by atoms with van der Waals surface area (Å²) in [6.45, 7) is 6.82. The van der Waals surface area contributed by atoms with E-state index in [2.05, 4.69) is 22.8 Å². The monoisotopic (exact) mass is 311 g/mol. The molecule has 3 nitrogen and oxygen atoms in total. The molecule has 0 spiro atoms. The minimum Gasteiger partial charge on any atom is -0.297 e. The summed E-state index contributed by atoms with van der Waals surface area (Å²) in [4.78, 5) is 4.66. The first kappa shape index (κ1) is 15.6. The Balaban J connectivity index is 1.88. The van der Waals surface area contributed by atoms with Crippen molar-refractivity contribution in [3.8, 4) is 6.07 Å². The molecule has 0 amide bonds. The van der Waals surface area contributed by atoms with Crippen LogP contribution < -0.4 is 0 Å². The number of nitrogens with zero attached hydrogens (tertiary/aromatic N) is 3. The minimum atomic E-state index is 0.0575. The molecule has 1 aromatic carbocycles. The summed E-state index contributed by atoms with van der Waals surface area (Å²) in [7, 11) is 0. The molecule has 0 aliphatic carbocycles. The van der Waals surface area contributed by atoms with Crippen LogP contribution in [0, 0.1) is 11.3 Å². The molecular formula is C15H19Cl2N3. The van der Waals surface area contributed by atoms with E-state index < -0.39 is 0 Å². The van der Waals surface area contributed by atoms with Crippen LogP contribution in [0.1, 0.15) is 18.9 Å². The first-order chi connectivity index (χ1) is 9.63. The fraction of sp³-hybridized carbons (Fsp3) is 0.533. The molecule has 1 fully saturated rings. The number of piperazine rings is 1. The van der Waals surface area contributed by atoms with E-state index in [-0.39, 0.29) is 6.04 Å². The summed E-state index contributed by atoms with van der Waals surface area (Å²) in [5.74, 6) is 0. The van der Waals surface area contributed by atoms with Gasteiger partial charge < -0.3 is 0 Å². The van der Waals surface area contributed by atoms with E-state index in [4.69, 9.17) is 28.5 Å². The summed E-state index contributed by atoms with van der Waals surface area (Å²) >= 11 is 12.0. The highest BCUT2D eigenvalue weighted by molar-refractivity contribution is 6.42. The first-order valence-corrected chi connectivity index (χ1v) is 7.69. The molecule has 1 aromatic rings. The highest BCUT2D eigenvalue weighted by Gasteiger charge is 2.22. The van der Waals surface area contributed by atoms with Crippen LogP contribution in [-0.4, -0.2) is 42.0 Å². The summed E-state index contributed by atoms with van der Waals surface area (Å²) in [6.07, 6.45) is 0.892. The van der Waals surface area contributed by atoms with Gasteiger partial charge in [-0.05, 0) is 24.1 Å². The normalized spacial score (nSPS) is 18.7. The summed E-state index contributed by atoms with van der Waals surface area (Å²) in [6, 6.07) is 8.23. The third-order valence-electron chi connectivity index (χ3n) is 3.77. The van der Waals surface area contributed by atoms with Gasteiger partial charge in [0.25, 0.3) is 0 Å². The fourth-order valence-corrected chi connectivity index (χ4v) is 2.88. The van der Waals surface area contributed by atoms with E-state index in [1.54, 1.807) is 0 Å². The lowest BCUT2D eigenvalue weighted by Crippen LogP contribution is -2.49. The molecule has 1 aliphatic heterocycles. The van der Waals surface area contributed by atoms with Gasteiger partial charge in [0, 0.05) is 32.7 Å². The smallest absolute Gasteiger partial charge is 0.0976 e. The molecule has 0 aromatic heterocycles. The second-order valence-electron chi connectivity index (χ2n) is 5.11. The van der Waals surface area contributed by atoms with Crippen LogP contribution in [0.2, 0.25) is 10.0 Å². The molecule has 0 N–H and O–H groups in total. The van der Waals surface area contributed by atoms with Crippen molar-refractivity contribution in [2.45, 2.75) is 25.9 Å². The van der Waals surface area contributed by atoms with Gasteiger partial charge in [-0.15, -0.1) is 0 Å². The Morgan fingerprint density at radius 1 is 1.20 bits per heavy atom. The van der Waals surface area contributed by atoms with Crippen molar-refractivity contribution in [3.05, 3.63) is 33.8 Å². The summed E-state index contributed by atoms with van der Waals surface area (Å²) in [5.41, 5.74) is 1.18. The van der Waals surface area contributed by atoms with Gasteiger partial charge in [0.2, 0.25) is 0 Å². The number of benzene rings is 1. The number of rotatable bonds is 4. The molecule has 0 bridgehead atoms. The van der Waals surface area contributed by atoms with Gasteiger partial charge >= 0.3 is 0 Å². The Labute approximate surface area is 130 Å². The van der Waals surface area contributed by atoms with Gasteiger partial charge in [-0.25, -0.2) is 0 Å². The van der Waals surface area contributed by atoms with Gasteiger partial charge in [-0.1, -0.05) is 36.2 Å². The molecule has 2 rings (SSSR count). The molecule has 1 saturated heterocycles. The second-order valence-corrected chi connectivity index (χ2v) is 5.93. The first-order valence-electron chi connectivity index (χ1n) is 6.94. The lowest BCUT2D eigenvalue weighted by Gasteiger charge is -2.36. The largest absolute Gasteiger partial charge is 0.297 e. The molecule has 5 heteroatoms. The Bertz CT molecular complexity index is 490. The van der Waals surface area contributed by atoms with E-state index in [9.17, 15) is 0 Å². The van der Waals surface area contributed by atoms with Crippen molar-refractivity contribution in [1.82, 2.24) is 9.80 Å². The molecule has 108 valence electrons. The van der Waals surface area contributed by atoms with Crippen LogP contribution in [0.3, 0.4) is 0 Å². The summed E-state index contributed by atoms with van der Waals surface area (Å²) < 4.78 is 0. The Kier molecular flexibility index (Phi) is 5.68. The highest BCUT2D eigenvalue weighted by atomic mass is 35.5. The minimum absolute atomic E-state index is 0.0575. The predicted octanol–water partition coefficient (Wildman–Crippen LogP) is 3.41. The van der Waals surface area contributed by atoms with Gasteiger partial charge in [0.1, 0.15) is 0 Å². The third-order valence-corrected chi connectivity index (χ3v) is 4.51. The zero-order chi connectivity index (χ0) is 14.5. The zero-order valence-electron chi connectivity index (χ0n) is 11.6. The van der Waals surface area contributed by atoms with Crippen LogP contribution in [-0.2, 0) is 6.54 Å². The van der Waals surface area contributed by atoms with Crippen molar-refractivity contribution >= 4 is 23.2 Å². The van der Waals surface area contributed by atoms with Crippen LogP contribution in [0.4, 0.5) is 0 Å². The SMILES string of the molecule is CCC(C#N)N1CCN(Cc2ccc(Cl)c(Cl)c2)CC1. The number of hydrogen-bond donors (Lipinski definition) is 0. The standard InChI is InChI=1S/C15H19Cl2N3/c1-2-13(10-18)20-7-5-19(6-8-20)11-12-3-4-14(16)15(17)9-12/h3-4,9,13H,2,5-8,11H2,1H3. The molecule has 0 saturated carbocycles. The lowest BCUT2D eigenvalue weighted by molar-refractivity contribution is 0.108. The molecule has 1 atom stereocenters. The van der Waals surface area contributed by atoms with Gasteiger partial charge in [-0.2, -0.15) is 5.26 Å². The van der Waals surface area contributed by atoms with E-state index in [1.807, 2.05) is 18.2 Å². The maximum absolute atomic E-state index is 9.10. The summed E-state index contributed by atoms with van der Waals surface area (Å²) in [5, 5.41) is 10.3. The number of hydrogen-bond acceptors (Lipinski definition) is 3. The number of halogens is 2. The molecule has 0 radical (unpaired) electrons. The van der Waals surface area contributed by atoms with E-state index in [0.717, 1.165) is 39.1 Å². The van der Waals surface area contributed by atoms with E-state index in [0.29, 0.717) is 10.0 Å². The van der Waals surface area contributed by atoms with Gasteiger partial charge in [0.15, 0.2) is 0 Å². The zero-order valence-corrected chi connectivity index (χ0v) is 13.2. The Morgan fingerprint density at radius 3 is 2.45 bits per heavy atom. The average molecular weight is 312 g/mol. The van der Waals surface area contributed by atoms with E-state index in [1.165, 1.54) is 5.56 Å². The highest BCUT2D eigenvalue weighted by Crippen LogP contribution is 2.23. The maximum atomic E-state index is 9.10. The third kappa shape index (κ3) is 3.86. The quantitative estimate of drug-likeness (QED) is 0.853. The van der Waals surface area contributed by atoms with Crippen molar-refractivity contribution in [1.29, 1.82) is 5.26 Å². The average Bonchev–Trinajstić information content (AvgIpc) is 2.46. The maximum Gasteiger partial charge on any atom is 0.0976 e. The van der Waals surface area contributed by atoms with Crippen LogP contribution >= 0.6 is 23.2 Å². The van der Waals surface area contributed by atoms with Crippen molar-refractivity contribution in [2.75, 3.05) is 26.2 Å².